The lowest BCUT2D eigenvalue weighted by Gasteiger charge is -2.37. The van der Waals surface area contributed by atoms with Crippen LogP contribution in [0, 0.1) is 0 Å². The van der Waals surface area contributed by atoms with Crippen LogP contribution < -0.4 is 4.90 Å². The van der Waals surface area contributed by atoms with Crippen LogP contribution in [0.1, 0.15) is 53.4 Å². The number of thiazole rings is 1. The lowest BCUT2D eigenvalue weighted by atomic mass is 10.1. The Kier molecular flexibility index (Phi) is 2.96. The summed E-state index contributed by atoms with van der Waals surface area (Å²) in [4.78, 5) is 18.8. The van der Waals surface area contributed by atoms with E-state index in [1.54, 1.807) is 0 Å². The van der Waals surface area contributed by atoms with Gasteiger partial charge in [-0.2, -0.15) is 0 Å². The van der Waals surface area contributed by atoms with E-state index >= 15 is 0 Å². The van der Waals surface area contributed by atoms with Gasteiger partial charge < -0.3 is 14.7 Å². The molecule has 6 heteroatoms. The van der Waals surface area contributed by atoms with E-state index in [-0.39, 0.29) is 0 Å². The number of hydrogen-bond acceptors (Lipinski definition) is 5. The number of aromatic carboxylic acids is 1. The maximum atomic E-state index is 11.4. The zero-order valence-corrected chi connectivity index (χ0v) is 12.1. The zero-order chi connectivity index (χ0) is 13.7. The van der Waals surface area contributed by atoms with E-state index in [1.165, 1.54) is 17.8 Å². The second-order valence-corrected chi connectivity index (χ2v) is 6.87. The van der Waals surface area contributed by atoms with Crippen LogP contribution in [-0.4, -0.2) is 41.4 Å². The number of carbonyl (C=O) groups is 1. The fourth-order valence-corrected chi connectivity index (χ4v) is 4.47. The number of morpholine rings is 1. The smallest absolute Gasteiger partial charge is 0.347 e. The Morgan fingerprint density at radius 1 is 1.35 bits per heavy atom. The van der Waals surface area contributed by atoms with Gasteiger partial charge >= 0.3 is 5.97 Å². The van der Waals surface area contributed by atoms with E-state index in [9.17, 15) is 9.90 Å². The Bertz CT molecular complexity index is 541. The van der Waals surface area contributed by atoms with Gasteiger partial charge in [0.15, 0.2) is 5.13 Å². The van der Waals surface area contributed by atoms with Crippen molar-refractivity contribution in [3.05, 3.63) is 10.6 Å². The van der Waals surface area contributed by atoms with Crippen LogP contribution in [0.15, 0.2) is 0 Å². The van der Waals surface area contributed by atoms with E-state index in [0.29, 0.717) is 22.9 Å². The van der Waals surface area contributed by atoms with Gasteiger partial charge in [-0.15, -0.1) is 0 Å². The first kappa shape index (κ1) is 12.6. The number of nitrogens with zero attached hydrogens (tertiary/aromatic N) is 2. The van der Waals surface area contributed by atoms with Gasteiger partial charge in [0.05, 0.1) is 24.4 Å². The molecule has 108 valence electrons. The average molecular weight is 294 g/mol. The highest BCUT2D eigenvalue weighted by molar-refractivity contribution is 7.17. The van der Waals surface area contributed by atoms with E-state index in [2.05, 4.69) is 9.88 Å². The van der Waals surface area contributed by atoms with E-state index in [1.807, 2.05) is 0 Å². The third kappa shape index (κ3) is 2.02. The minimum atomic E-state index is -0.827. The largest absolute Gasteiger partial charge is 0.477 e. The molecule has 0 bridgehead atoms. The Morgan fingerprint density at radius 3 is 2.95 bits per heavy atom. The Hall–Kier alpha value is -1.14. The summed E-state index contributed by atoms with van der Waals surface area (Å²) >= 11 is 1.35. The molecule has 3 aliphatic rings. The summed E-state index contributed by atoms with van der Waals surface area (Å²) in [6.45, 7) is 1.56. The van der Waals surface area contributed by atoms with Crippen molar-refractivity contribution in [3.63, 3.8) is 0 Å². The first-order chi connectivity index (χ1) is 9.74. The second-order valence-electron chi connectivity index (χ2n) is 5.89. The molecule has 1 saturated heterocycles. The number of aromatic nitrogens is 1. The average Bonchev–Trinajstić information content (AvgIpc) is 3.02. The lowest BCUT2D eigenvalue weighted by molar-refractivity contribution is 0.0256. The van der Waals surface area contributed by atoms with Crippen molar-refractivity contribution in [2.24, 2.45) is 0 Å². The lowest BCUT2D eigenvalue weighted by Crippen LogP contribution is -2.48. The molecule has 0 amide bonds. The number of rotatable bonds is 3. The van der Waals surface area contributed by atoms with Crippen molar-refractivity contribution in [1.82, 2.24) is 4.98 Å². The van der Waals surface area contributed by atoms with Crippen molar-refractivity contribution < 1.29 is 14.6 Å². The normalized spacial score (nSPS) is 29.5. The summed E-state index contributed by atoms with van der Waals surface area (Å²) in [5.41, 5.74) is 0.818. The van der Waals surface area contributed by atoms with Crippen molar-refractivity contribution >= 4 is 22.4 Å². The molecule has 2 heterocycles. The molecule has 1 aromatic heterocycles. The van der Waals surface area contributed by atoms with E-state index in [4.69, 9.17) is 4.74 Å². The Balaban J connectivity index is 1.67. The maximum absolute atomic E-state index is 11.4. The zero-order valence-electron chi connectivity index (χ0n) is 11.2. The van der Waals surface area contributed by atoms with Gasteiger partial charge in [0.1, 0.15) is 4.88 Å². The Labute approximate surface area is 121 Å². The molecule has 20 heavy (non-hydrogen) atoms. The van der Waals surface area contributed by atoms with Crippen LogP contribution in [0.5, 0.6) is 0 Å². The van der Waals surface area contributed by atoms with Gasteiger partial charge in [-0.1, -0.05) is 11.3 Å². The third-order valence-electron chi connectivity index (χ3n) is 4.53. The monoisotopic (exact) mass is 294 g/mol. The van der Waals surface area contributed by atoms with E-state index < -0.39 is 5.97 Å². The molecular weight excluding hydrogens is 276 g/mol. The van der Waals surface area contributed by atoms with Gasteiger partial charge in [-0.25, -0.2) is 9.78 Å². The van der Waals surface area contributed by atoms with Crippen molar-refractivity contribution in [2.75, 3.05) is 18.1 Å². The van der Waals surface area contributed by atoms with Crippen LogP contribution in [0.4, 0.5) is 5.13 Å². The summed E-state index contributed by atoms with van der Waals surface area (Å²) in [5, 5.41) is 10.3. The molecule has 2 atom stereocenters. The van der Waals surface area contributed by atoms with Crippen molar-refractivity contribution in [3.8, 4) is 0 Å². The first-order valence-electron chi connectivity index (χ1n) is 7.36. The third-order valence-corrected chi connectivity index (χ3v) is 5.62. The molecule has 0 spiro atoms. The molecular formula is C14H18N2O3S. The van der Waals surface area contributed by atoms with Gasteiger partial charge in [0, 0.05) is 12.5 Å². The van der Waals surface area contributed by atoms with Gasteiger partial charge in [-0.3, -0.25) is 0 Å². The SMILES string of the molecule is O=C(O)c1sc(N2CCOC3CCCC32)nc1C1CC1. The highest BCUT2D eigenvalue weighted by Crippen LogP contribution is 2.45. The van der Waals surface area contributed by atoms with Crippen LogP contribution in [-0.2, 0) is 4.74 Å². The van der Waals surface area contributed by atoms with Crippen LogP contribution in [0.3, 0.4) is 0 Å². The van der Waals surface area contributed by atoms with Crippen molar-refractivity contribution in [2.45, 2.75) is 50.2 Å². The highest BCUT2D eigenvalue weighted by atomic mass is 32.1. The number of anilines is 1. The number of hydrogen-bond donors (Lipinski definition) is 1. The molecule has 2 unspecified atom stereocenters. The van der Waals surface area contributed by atoms with Gasteiger partial charge in [0.25, 0.3) is 0 Å². The highest BCUT2D eigenvalue weighted by Gasteiger charge is 2.39. The number of carboxylic acid groups (broad SMARTS) is 1. The quantitative estimate of drug-likeness (QED) is 0.928. The molecule has 4 rings (SSSR count). The molecule has 1 aromatic rings. The minimum absolute atomic E-state index is 0.310. The molecule has 3 fully saturated rings. The number of ether oxygens (including phenoxy) is 1. The van der Waals surface area contributed by atoms with Crippen LogP contribution in [0.2, 0.25) is 0 Å². The second kappa shape index (κ2) is 4.70. The number of carboxylic acids is 1. The summed E-state index contributed by atoms with van der Waals surface area (Å²) in [6, 6.07) is 0.392. The molecule has 5 nitrogen and oxygen atoms in total. The molecule has 0 aromatic carbocycles. The summed E-state index contributed by atoms with van der Waals surface area (Å²) in [7, 11) is 0. The van der Waals surface area contributed by atoms with Gasteiger partial charge in [0.2, 0.25) is 0 Å². The van der Waals surface area contributed by atoms with E-state index in [0.717, 1.165) is 49.7 Å². The van der Waals surface area contributed by atoms with Crippen LogP contribution >= 0.6 is 11.3 Å². The van der Waals surface area contributed by atoms with Crippen molar-refractivity contribution in [1.29, 1.82) is 0 Å². The summed E-state index contributed by atoms with van der Waals surface area (Å²) in [5.74, 6) is -0.446. The predicted molar refractivity (Wildman–Crippen MR) is 75.8 cm³/mol. The fraction of sp³-hybridized carbons (Fsp3) is 0.714. The predicted octanol–water partition coefficient (Wildman–Crippen LogP) is 2.48. The summed E-state index contributed by atoms with van der Waals surface area (Å²) < 4.78 is 5.82. The van der Waals surface area contributed by atoms with Crippen LogP contribution in [0.25, 0.3) is 0 Å². The molecule has 2 aliphatic carbocycles. The standard InChI is InChI=1S/C14H18N2O3S/c17-13(18)12-11(8-4-5-8)15-14(20-12)16-6-7-19-10-3-1-2-9(10)16/h8-10H,1-7H2,(H,17,18). The molecule has 2 saturated carbocycles. The molecule has 1 N–H and O–H groups in total. The first-order valence-corrected chi connectivity index (χ1v) is 8.18. The molecule has 0 radical (unpaired) electrons. The fourth-order valence-electron chi connectivity index (χ4n) is 3.39. The number of fused-ring (bicyclic) bond motifs is 1. The molecule has 1 aliphatic heterocycles. The maximum Gasteiger partial charge on any atom is 0.347 e. The summed E-state index contributed by atoms with van der Waals surface area (Å²) in [6.07, 6.45) is 5.92. The topological polar surface area (TPSA) is 62.7 Å². The minimum Gasteiger partial charge on any atom is -0.477 e. The van der Waals surface area contributed by atoms with Gasteiger partial charge in [-0.05, 0) is 32.1 Å². The Morgan fingerprint density at radius 2 is 2.20 bits per heavy atom.